The van der Waals surface area contributed by atoms with Crippen molar-refractivity contribution in [3.8, 4) is 6.07 Å². The molecule has 0 saturated carbocycles. The number of rotatable bonds is 3. The van der Waals surface area contributed by atoms with Gasteiger partial charge >= 0.3 is 0 Å². The van der Waals surface area contributed by atoms with Crippen LogP contribution in [0, 0.1) is 11.3 Å². The summed E-state index contributed by atoms with van der Waals surface area (Å²) in [5.74, 6) is 0.975. The summed E-state index contributed by atoms with van der Waals surface area (Å²) in [7, 11) is 1.82. The first kappa shape index (κ1) is 11.0. The Bertz CT molecular complexity index is 406. The third-order valence-corrected chi connectivity index (χ3v) is 3.06. The summed E-state index contributed by atoms with van der Waals surface area (Å²) in [6, 6.07) is 2.30. The second-order valence-electron chi connectivity index (χ2n) is 4.35. The molecule has 1 aliphatic rings. The van der Waals surface area contributed by atoms with Crippen LogP contribution >= 0.6 is 0 Å². The third-order valence-electron chi connectivity index (χ3n) is 3.06. The first-order chi connectivity index (χ1) is 7.67. The number of nitrogens with zero attached hydrogens (tertiary/aromatic N) is 5. The van der Waals surface area contributed by atoms with Crippen LogP contribution in [0.2, 0.25) is 0 Å². The summed E-state index contributed by atoms with van der Waals surface area (Å²) in [5, 5.41) is 20.1. The van der Waals surface area contributed by atoms with Crippen LogP contribution in [0.1, 0.15) is 12.7 Å². The molecule has 2 heterocycles. The molecule has 1 aromatic heterocycles. The van der Waals surface area contributed by atoms with Gasteiger partial charge in [0.25, 0.3) is 0 Å². The average molecular weight is 220 g/mol. The molecule has 6 nitrogen and oxygen atoms in total. The normalized spacial score (nSPS) is 19.8. The van der Waals surface area contributed by atoms with Crippen molar-refractivity contribution in [3.05, 3.63) is 12.2 Å². The number of hydrogen-bond acceptors (Lipinski definition) is 5. The van der Waals surface area contributed by atoms with Gasteiger partial charge in [-0.2, -0.15) is 5.26 Å². The minimum absolute atomic E-state index is 0.498. The molecule has 6 heteroatoms. The van der Waals surface area contributed by atoms with E-state index in [1.165, 1.54) is 0 Å². The Balaban J connectivity index is 2.02. The monoisotopic (exact) mass is 220 g/mol. The molecule has 1 unspecified atom stereocenters. The second-order valence-corrected chi connectivity index (χ2v) is 4.35. The molecule has 0 aliphatic carbocycles. The molecule has 1 atom stereocenters. The zero-order valence-electron chi connectivity index (χ0n) is 9.64. The average Bonchev–Trinajstić information content (AvgIpc) is 2.76. The first-order valence-electron chi connectivity index (χ1n) is 5.36. The van der Waals surface area contributed by atoms with E-state index in [1.807, 2.05) is 14.0 Å². The molecule has 1 aliphatic heterocycles. The van der Waals surface area contributed by atoms with Crippen LogP contribution in [0.5, 0.6) is 0 Å². The Kier molecular flexibility index (Phi) is 2.90. The number of hydrogen-bond donors (Lipinski definition) is 1. The van der Waals surface area contributed by atoms with E-state index in [2.05, 4.69) is 31.1 Å². The summed E-state index contributed by atoms with van der Waals surface area (Å²) < 4.78 is 2.06. The Morgan fingerprint density at radius 2 is 2.44 bits per heavy atom. The van der Waals surface area contributed by atoms with Gasteiger partial charge in [0.1, 0.15) is 17.7 Å². The van der Waals surface area contributed by atoms with Gasteiger partial charge in [-0.25, -0.2) is 0 Å². The molecule has 0 radical (unpaired) electrons. The highest BCUT2D eigenvalue weighted by atomic mass is 15.3. The van der Waals surface area contributed by atoms with Gasteiger partial charge in [0.05, 0.1) is 12.6 Å². The number of nitrogens with one attached hydrogen (secondary N) is 1. The predicted octanol–water partition coefficient (Wildman–Crippen LogP) is -0.405. The minimum atomic E-state index is -0.498. The smallest absolute Gasteiger partial charge is 0.147 e. The van der Waals surface area contributed by atoms with Crippen molar-refractivity contribution >= 4 is 0 Å². The zero-order chi connectivity index (χ0) is 11.6. The lowest BCUT2D eigenvalue weighted by molar-refractivity contribution is 0.181. The van der Waals surface area contributed by atoms with Crippen LogP contribution in [-0.2, 0) is 13.1 Å². The van der Waals surface area contributed by atoms with E-state index in [0.717, 1.165) is 25.5 Å². The highest BCUT2D eigenvalue weighted by molar-refractivity contribution is 5.06. The van der Waals surface area contributed by atoms with Crippen molar-refractivity contribution < 1.29 is 0 Å². The molecule has 1 N–H and O–H groups in total. The molecule has 0 spiro atoms. The lowest BCUT2D eigenvalue weighted by Gasteiger charge is -2.32. The predicted molar refractivity (Wildman–Crippen MR) is 58.4 cm³/mol. The third kappa shape index (κ3) is 2.05. The molecular formula is C10H16N6. The molecule has 0 fully saturated rings. The van der Waals surface area contributed by atoms with Crippen LogP contribution in [-0.4, -0.2) is 45.3 Å². The summed E-state index contributed by atoms with van der Waals surface area (Å²) in [4.78, 5) is 2.23. The van der Waals surface area contributed by atoms with E-state index in [1.54, 1.807) is 6.33 Å². The van der Waals surface area contributed by atoms with E-state index < -0.39 is 5.54 Å². The van der Waals surface area contributed by atoms with Gasteiger partial charge in [-0.05, 0) is 14.0 Å². The fourth-order valence-electron chi connectivity index (χ4n) is 1.87. The maximum Gasteiger partial charge on any atom is 0.147 e. The number of aromatic nitrogens is 3. The molecular weight excluding hydrogens is 204 g/mol. The lowest BCUT2D eigenvalue weighted by Crippen LogP contribution is -2.50. The number of nitriles is 1. The van der Waals surface area contributed by atoms with Gasteiger partial charge in [-0.15, -0.1) is 10.2 Å². The van der Waals surface area contributed by atoms with Crippen molar-refractivity contribution in [3.63, 3.8) is 0 Å². The summed E-state index contributed by atoms with van der Waals surface area (Å²) in [6.07, 6.45) is 1.76. The Morgan fingerprint density at radius 1 is 1.62 bits per heavy atom. The number of fused-ring (bicyclic) bond motifs is 1. The van der Waals surface area contributed by atoms with Crippen molar-refractivity contribution in [1.82, 2.24) is 25.0 Å². The van der Waals surface area contributed by atoms with Crippen molar-refractivity contribution in [2.24, 2.45) is 0 Å². The summed E-state index contributed by atoms with van der Waals surface area (Å²) >= 11 is 0. The lowest BCUT2D eigenvalue weighted by atomic mass is 10.0. The maximum atomic E-state index is 9.10. The van der Waals surface area contributed by atoms with Crippen LogP contribution in [0.15, 0.2) is 6.33 Å². The van der Waals surface area contributed by atoms with E-state index >= 15 is 0 Å². The molecule has 1 aromatic rings. The van der Waals surface area contributed by atoms with Crippen LogP contribution in [0.3, 0.4) is 0 Å². The highest BCUT2D eigenvalue weighted by Crippen LogP contribution is 2.12. The fraction of sp³-hybridized carbons (Fsp3) is 0.700. The Hall–Kier alpha value is -1.45. The van der Waals surface area contributed by atoms with Gasteiger partial charge in [0, 0.05) is 19.6 Å². The SMILES string of the molecule is CNC(C)(C#N)CN1CCn2cnnc2C1. The fourth-order valence-corrected chi connectivity index (χ4v) is 1.87. The van der Waals surface area contributed by atoms with E-state index in [-0.39, 0.29) is 0 Å². The zero-order valence-corrected chi connectivity index (χ0v) is 9.64. The highest BCUT2D eigenvalue weighted by Gasteiger charge is 2.27. The minimum Gasteiger partial charge on any atom is -0.315 e. The van der Waals surface area contributed by atoms with Crippen molar-refractivity contribution in [1.29, 1.82) is 5.26 Å². The standard InChI is InChI=1S/C10H16N6/c1-10(6-11,12-2)7-15-3-4-16-8-13-14-9(16)5-15/h8,12H,3-5,7H2,1-2H3. The van der Waals surface area contributed by atoms with Crippen LogP contribution in [0.25, 0.3) is 0 Å². The summed E-state index contributed by atoms with van der Waals surface area (Å²) in [6.45, 7) is 5.20. The molecule has 2 rings (SSSR count). The molecule has 0 aromatic carbocycles. The number of likely N-dealkylation sites (N-methyl/N-ethyl adjacent to an activating group) is 1. The van der Waals surface area contributed by atoms with Gasteiger partial charge < -0.3 is 9.88 Å². The topological polar surface area (TPSA) is 69.8 Å². The molecule has 16 heavy (non-hydrogen) atoms. The van der Waals surface area contributed by atoms with Crippen LogP contribution in [0.4, 0.5) is 0 Å². The van der Waals surface area contributed by atoms with Crippen molar-refractivity contribution in [2.75, 3.05) is 20.1 Å². The Labute approximate surface area is 94.9 Å². The largest absolute Gasteiger partial charge is 0.315 e. The van der Waals surface area contributed by atoms with E-state index in [4.69, 9.17) is 5.26 Å². The van der Waals surface area contributed by atoms with Gasteiger partial charge in [-0.3, -0.25) is 4.90 Å². The summed E-state index contributed by atoms with van der Waals surface area (Å²) in [5.41, 5.74) is -0.498. The van der Waals surface area contributed by atoms with Gasteiger partial charge in [0.15, 0.2) is 0 Å². The van der Waals surface area contributed by atoms with E-state index in [0.29, 0.717) is 6.54 Å². The Morgan fingerprint density at radius 3 is 3.12 bits per heavy atom. The van der Waals surface area contributed by atoms with E-state index in [9.17, 15) is 0 Å². The quantitative estimate of drug-likeness (QED) is 0.750. The maximum absolute atomic E-state index is 9.10. The van der Waals surface area contributed by atoms with Gasteiger partial charge in [-0.1, -0.05) is 0 Å². The first-order valence-corrected chi connectivity index (χ1v) is 5.36. The second kappa shape index (κ2) is 4.20. The van der Waals surface area contributed by atoms with Crippen LogP contribution < -0.4 is 5.32 Å². The molecule has 86 valence electrons. The molecule has 0 saturated heterocycles. The van der Waals surface area contributed by atoms with Gasteiger partial charge in [0.2, 0.25) is 0 Å². The molecule has 0 bridgehead atoms. The van der Waals surface area contributed by atoms with Crippen molar-refractivity contribution in [2.45, 2.75) is 25.6 Å². The molecule has 0 amide bonds.